The maximum atomic E-state index is 12.0. The number of methoxy groups -OCH3 is 1. The molecule has 0 aromatic carbocycles. The van der Waals surface area contributed by atoms with Crippen molar-refractivity contribution < 1.29 is 19.1 Å². The molecule has 20 heavy (non-hydrogen) atoms. The molecule has 0 spiro atoms. The fourth-order valence-corrected chi connectivity index (χ4v) is 1.99. The summed E-state index contributed by atoms with van der Waals surface area (Å²) in [5.41, 5.74) is 5.71. The van der Waals surface area contributed by atoms with E-state index >= 15 is 0 Å². The van der Waals surface area contributed by atoms with Gasteiger partial charge in [0, 0.05) is 33.3 Å². The van der Waals surface area contributed by atoms with Gasteiger partial charge in [-0.3, -0.25) is 4.79 Å². The van der Waals surface area contributed by atoms with Crippen LogP contribution >= 0.6 is 0 Å². The quantitative estimate of drug-likeness (QED) is 0.697. The predicted octanol–water partition coefficient (Wildman–Crippen LogP) is 0.0410. The zero-order chi connectivity index (χ0) is 15.0. The number of nitrogens with zero attached hydrogens (tertiary/aromatic N) is 2. The van der Waals surface area contributed by atoms with E-state index in [2.05, 4.69) is 0 Å². The number of ether oxygens (including phenoxy) is 2. The van der Waals surface area contributed by atoms with Gasteiger partial charge in [-0.2, -0.15) is 0 Å². The molecule has 1 heterocycles. The Hall–Kier alpha value is -1.34. The SMILES string of the molecule is CCCCOC(=O)N1CCN(C(=O)[C@@H](N)COC)CC1. The minimum atomic E-state index is -0.636. The molecule has 0 radical (unpaired) electrons. The molecule has 0 unspecified atom stereocenters. The van der Waals surface area contributed by atoms with Crippen LogP contribution in [0.3, 0.4) is 0 Å². The molecule has 1 saturated heterocycles. The summed E-state index contributed by atoms with van der Waals surface area (Å²) >= 11 is 0. The first-order valence-electron chi connectivity index (χ1n) is 7.05. The highest BCUT2D eigenvalue weighted by Crippen LogP contribution is 2.06. The van der Waals surface area contributed by atoms with Crippen LogP contribution in [0.25, 0.3) is 0 Å². The maximum absolute atomic E-state index is 12.0. The Labute approximate surface area is 120 Å². The van der Waals surface area contributed by atoms with Crippen molar-refractivity contribution in [2.45, 2.75) is 25.8 Å². The minimum absolute atomic E-state index is 0.133. The largest absolute Gasteiger partial charge is 0.449 e. The highest BCUT2D eigenvalue weighted by molar-refractivity contribution is 5.82. The lowest BCUT2D eigenvalue weighted by atomic mass is 10.2. The number of carbonyl (C=O) groups excluding carboxylic acids is 2. The fraction of sp³-hybridized carbons (Fsp3) is 0.846. The summed E-state index contributed by atoms with van der Waals surface area (Å²) in [6.07, 6.45) is 1.56. The first kappa shape index (κ1) is 16.7. The van der Waals surface area contributed by atoms with Crippen LogP contribution in [0.5, 0.6) is 0 Å². The molecule has 7 heteroatoms. The second kappa shape index (κ2) is 8.76. The number of nitrogens with two attached hydrogens (primary N) is 1. The van der Waals surface area contributed by atoms with E-state index in [1.54, 1.807) is 9.80 Å². The normalized spacial score (nSPS) is 16.9. The van der Waals surface area contributed by atoms with Crippen LogP contribution in [-0.2, 0) is 14.3 Å². The minimum Gasteiger partial charge on any atom is -0.449 e. The third kappa shape index (κ3) is 4.97. The van der Waals surface area contributed by atoms with Gasteiger partial charge in [0.05, 0.1) is 13.2 Å². The van der Waals surface area contributed by atoms with Gasteiger partial charge in [-0.15, -0.1) is 0 Å². The molecular weight excluding hydrogens is 262 g/mol. The maximum Gasteiger partial charge on any atom is 0.409 e. The Morgan fingerprint density at radius 1 is 1.20 bits per heavy atom. The molecule has 2 amide bonds. The molecule has 0 aliphatic carbocycles. The number of hydrogen-bond acceptors (Lipinski definition) is 5. The molecule has 1 fully saturated rings. The van der Waals surface area contributed by atoms with Crippen LogP contribution in [-0.4, -0.2) is 74.3 Å². The highest BCUT2D eigenvalue weighted by Gasteiger charge is 2.27. The number of unbranched alkanes of at least 4 members (excludes halogenated alkanes) is 1. The summed E-state index contributed by atoms with van der Waals surface area (Å²) in [6, 6.07) is -0.636. The van der Waals surface area contributed by atoms with E-state index in [0.29, 0.717) is 32.8 Å². The van der Waals surface area contributed by atoms with Crippen LogP contribution in [0.4, 0.5) is 4.79 Å². The zero-order valence-electron chi connectivity index (χ0n) is 12.3. The van der Waals surface area contributed by atoms with Crippen LogP contribution in [0.15, 0.2) is 0 Å². The molecule has 1 aliphatic heterocycles. The van der Waals surface area contributed by atoms with Crippen LogP contribution in [0.1, 0.15) is 19.8 Å². The van der Waals surface area contributed by atoms with Gasteiger partial charge >= 0.3 is 6.09 Å². The third-order valence-corrected chi connectivity index (χ3v) is 3.24. The number of amides is 2. The van der Waals surface area contributed by atoms with E-state index in [1.165, 1.54) is 7.11 Å². The van der Waals surface area contributed by atoms with Crippen LogP contribution in [0.2, 0.25) is 0 Å². The number of rotatable bonds is 6. The third-order valence-electron chi connectivity index (χ3n) is 3.24. The summed E-state index contributed by atoms with van der Waals surface area (Å²) < 4.78 is 10.0. The average molecular weight is 287 g/mol. The molecule has 1 aliphatic rings. The molecule has 1 rings (SSSR count). The smallest absolute Gasteiger partial charge is 0.409 e. The molecule has 0 saturated carbocycles. The Morgan fingerprint density at radius 2 is 1.80 bits per heavy atom. The lowest BCUT2D eigenvalue weighted by Crippen LogP contribution is -2.55. The highest BCUT2D eigenvalue weighted by atomic mass is 16.6. The van der Waals surface area contributed by atoms with Crippen molar-refractivity contribution in [3.05, 3.63) is 0 Å². The number of hydrogen-bond donors (Lipinski definition) is 1. The Balaban J connectivity index is 2.32. The summed E-state index contributed by atoms with van der Waals surface area (Å²) in [6.45, 7) is 4.64. The average Bonchev–Trinajstić information content (AvgIpc) is 2.47. The fourth-order valence-electron chi connectivity index (χ4n) is 1.99. The topological polar surface area (TPSA) is 85.1 Å². The van der Waals surface area contributed by atoms with Crippen molar-refractivity contribution in [3.8, 4) is 0 Å². The summed E-state index contributed by atoms with van der Waals surface area (Å²) in [5, 5.41) is 0. The van der Waals surface area contributed by atoms with Gasteiger partial charge in [0.25, 0.3) is 0 Å². The van der Waals surface area contributed by atoms with E-state index in [4.69, 9.17) is 15.2 Å². The predicted molar refractivity (Wildman–Crippen MR) is 74.3 cm³/mol. The van der Waals surface area contributed by atoms with Crippen LogP contribution < -0.4 is 5.73 Å². The van der Waals surface area contributed by atoms with Crippen molar-refractivity contribution >= 4 is 12.0 Å². The van der Waals surface area contributed by atoms with Gasteiger partial charge in [-0.25, -0.2) is 4.79 Å². The van der Waals surface area contributed by atoms with Gasteiger partial charge in [-0.05, 0) is 6.42 Å². The van der Waals surface area contributed by atoms with E-state index in [-0.39, 0.29) is 18.6 Å². The molecule has 2 N–H and O–H groups in total. The molecule has 0 aromatic rings. The van der Waals surface area contributed by atoms with Crippen molar-refractivity contribution in [2.24, 2.45) is 5.73 Å². The Kier molecular flexibility index (Phi) is 7.32. The van der Waals surface area contributed by atoms with E-state index in [0.717, 1.165) is 12.8 Å². The number of piperazine rings is 1. The van der Waals surface area contributed by atoms with E-state index in [1.807, 2.05) is 6.92 Å². The van der Waals surface area contributed by atoms with Crippen molar-refractivity contribution in [1.29, 1.82) is 0 Å². The van der Waals surface area contributed by atoms with E-state index < -0.39 is 6.04 Å². The lowest BCUT2D eigenvalue weighted by Gasteiger charge is -2.35. The molecule has 116 valence electrons. The van der Waals surface area contributed by atoms with Crippen molar-refractivity contribution in [1.82, 2.24) is 9.80 Å². The van der Waals surface area contributed by atoms with Crippen molar-refractivity contribution in [2.75, 3.05) is 46.5 Å². The molecule has 7 nitrogen and oxygen atoms in total. The van der Waals surface area contributed by atoms with E-state index in [9.17, 15) is 9.59 Å². The first-order chi connectivity index (χ1) is 9.60. The molecular formula is C13H25N3O4. The van der Waals surface area contributed by atoms with Crippen molar-refractivity contribution in [3.63, 3.8) is 0 Å². The Bertz CT molecular complexity index is 317. The van der Waals surface area contributed by atoms with Gasteiger partial charge in [0.2, 0.25) is 5.91 Å². The lowest BCUT2D eigenvalue weighted by molar-refractivity contribution is -0.135. The second-order valence-electron chi connectivity index (χ2n) is 4.84. The standard InChI is InChI=1S/C13H25N3O4/c1-3-4-9-20-13(18)16-7-5-15(6-8-16)12(17)11(14)10-19-2/h11H,3-10,14H2,1-2H3/t11-/m0/s1. The molecule has 1 atom stereocenters. The van der Waals surface area contributed by atoms with Gasteiger partial charge < -0.3 is 25.0 Å². The van der Waals surface area contributed by atoms with Gasteiger partial charge in [-0.1, -0.05) is 13.3 Å². The Morgan fingerprint density at radius 3 is 2.35 bits per heavy atom. The summed E-state index contributed by atoms with van der Waals surface area (Å²) in [5.74, 6) is -0.133. The molecule has 0 bridgehead atoms. The van der Waals surface area contributed by atoms with Gasteiger partial charge in [0.15, 0.2) is 0 Å². The second-order valence-corrected chi connectivity index (χ2v) is 4.84. The van der Waals surface area contributed by atoms with Gasteiger partial charge in [0.1, 0.15) is 6.04 Å². The monoisotopic (exact) mass is 287 g/mol. The summed E-state index contributed by atoms with van der Waals surface area (Å²) in [4.78, 5) is 27.0. The first-order valence-corrected chi connectivity index (χ1v) is 7.05. The van der Waals surface area contributed by atoms with Crippen LogP contribution in [0, 0.1) is 0 Å². The zero-order valence-corrected chi connectivity index (χ0v) is 12.3. The summed E-state index contributed by atoms with van der Waals surface area (Å²) in [7, 11) is 1.51. The number of carbonyl (C=O) groups is 2. The molecule has 0 aromatic heterocycles.